The number of nitrogens with one attached hydrogen (secondary N) is 1. The highest BCUT2D eigenvalue weighted by atomic mass is 16.7. The molecule has 0 spiro atoms. The monoisotopic (exact) mass is 432 g/mol. The second-order valence-electron chi connectivity index (χ2n) is 7.06. The Bertz CT molecular complexity index is 1320. The molecule has 0 bridgehead atoms. The lowest BCUT2D eigenvalue weighted by atomic mass is 10.1. The summed E-state index contributed by atoms with van der Waals surface area (Å²) in [4.78, 5) is 17.2. The van der Waals surface area contributed by atoms with Gasteiger partial charge in [0.15, 0.2) is 28.6 Å². The number of ether oxygens (including phenoxy) is 4. The normalized spacial score (nSPS) is 12.1. The zero-order valence-corrected chi connectivity index (χ0v) is 17.5. The summed E-state index contributed by atoms with van der Waals surface area (Å²) in [6, 6.07) is 13.0. The predicted octanol–water partition coefficient (Wildman–Crippen LogP) is 3.07. The third kappa shape index (κ3) is 3.43. The summed E-state index contributed by atoms with van der Waals surface area (Å²) in [6.07, 6.45) is 3.17. The van der Waals surface area contributed by atoms with Gasteiger partial charge in [-0.1, -0.05) is 6.07 Å². The van der Waals surface area contributed by atoms with Crippen LogP contribution in [0.25, 0.3) is 16.9 Å². The first-order chi connectivity index (χ1) is 15.7. The molecule has 0 saturated carbocycles. The van der Waals surface area contributed by atoms with Crippen molar-refractivity contribution in [3.05, 3.63) is 66.0 Å². The smallest absolute Gasteiger partial charge is 0.257 e. The van der Waals surface area contributed by atoms with E-state index < -0.39 is 0 Å². The minimum absolute atomic E-state index is 0.210. The van der Waals surface area contributed by atoms with E-state index in [-0.39, 0.29) is 12.7 Å². The molecule has 0 aliphatic carbocycles. The second-order valence-corrected chi connectivity index (χ2v) is 7.06. The predicted molar refractivity (Wildman–Crippen MR) is 115 cm³/mol. The van der Waals surface area contributed by atoms with Crippen molar-refractivity contribution < 1.29 is 23.7 Å². The summed E-state index contributed by atoms with van der Waals surface area (Å²) >= 11 is 0. The van der Waals surface area contributed by atoms with Crippen molar-refractivity contribution in [2.24, 2.45) is 0 Å². The molecule has 9 nitrogen and oxygen atoms in total. The summed E-state index contributed by atoms with van der Waals surface area (Å²) in [5.74, 6) is 2.34. The highest BCUT2D eigenvalue weighted by molar-refractivity contribution is 5.99. The van der Waals surface area contributed by atoms with Crippen LogP contribution in [-0.2, 0) is 6.54 Å². The molecule has 9 heteroatoms. The van der Waals surface area contributed by atoms with Gasteiger partial charge in [0.1, 0.15) is 5.56 Å². The van der Waals surface area contributed by atoms with Gasteiger partial charge in [0.05, 0.1) is 26.1 Å². The molecule has 1 N–H and O–H groups in total. The van der Waals surface area contributed by atoms with E-state index in [1.807, 2.05) is 42.5 Å². The van der Waals surface area contributed by atoms with E-state index in [9.17, 15) is 4.79 Å². The molecule has 4 aromatic rings. The fourth-order valence-electron chi connectivity index (χ4n) is 3.59. The van der Waals surface area contributed by atoms with Crippen molar-refractivity contribution in [3.8, 4) is 34.3 Å². The molecule has 0 atom stereocenters. The van der Waals surface area contributed by atoms with Crippen molar-refractivity contribution in [3.63, 3.8) is 0 Å². The summed E-state index contributed by atoms with van der Waals surface area (Å²) in [6.45, 7) is 0.545. The molecule has 0 saturated heterocycles. The van der Waals surface area contributed by atoms with Crippen LogP contribution in [0.5, 0.6) is 23.0 Å². The highest BCUT2D eigenvalue weighted by Gasteiger charge is 2.18. The lowest BCUT2D eigenvalue weighted by molar-refractivity contribution is 0.0952. The lowest BCUT2D eigenvalue weighted by Crippen LogP contribution is -2.22. The quantitative estimate of drug-likeness (QED) is 0.500. The van der Waals surface area contributed by atoms with Crippen LogP contribution in [0.15, 0.2) is 54.9 Å². The van der Waals surface area contributed by atoms with Gasteiger partial charge in [0.2, 0.25) is 6.79 Å². The Morgan fingerprint density at radius 1 is 1.06 bits per heavy atom. The number of methoxy groups -OCH3 is 2. The van der Waals surface area contributed by atoms with E-state index in [2.05, 4.69) is 15.4 Å². The average Bonchev–Trinajstić information content (AvgIpc) is 3.48. The number of hydrogen-bond donors (Lipinski definition) is 1. The molecular weight excluding hydrogens is 412 g/mol. The lowest BCUT2D eigenvalue weighted by Gasteiger charge is -2.10. The van der Waals surface area contributed by atoms with Crippen LogP contribution in [0, 0.1) is 0 Å². The Kier molecular flexibility index (Phi) is 4.98. The number of amides is 1. The van der Waals surface area contributed by atoms with E-state index in [1.165, 1.54) is 6.20 Å². The van der Waals surface area contributed by atoms with E-state index in [0.29, 0.717) is 40.8 Å². The van der Waals surface area contributed by atoms with Crippen LogP contribution in [0.4, 0.5) is 0 Å². The van der Waals surface area contributed by atoms with E-state index in [1.54, 1.807) is 24.9 Å². The maximum Gasteiger partial charge on any atom is 0.257 e. The first kappa shape index (κ1) is 19.7. The van der Waals surface area contributed by atoms with Gasteiger partial charge in [-0.15, -0.1) is 0 Å². The van der Waals surface area contributed by atoms with Gasteiger partial charge in [-0.3, -0.25) is 4.79 Å². The third-order valence-electron chi connectivity index (χ3n) is 5.22. The SMILES string of the molecule is COc1ccc(-c2ccnc3c(C(=O)NCc4ccc5c(c4)OCO5)cnn23)cc1OC. The number of fused-ring (bicyclic) bond motifs is 2. The van der Waals surface area contributed by atoms with Crippen LogP contribution in [0.2, 0.25) is 0 Å². The van der Waals surface area contributed by atoms with E-state index in [4.69, 9.17) is 18.9 Å². The first-order valence-electron chi connectivity index (χ1n) is 9.90. The van der Waals surface area contributed by atoms with Gasteiger partial charge < -0.3 is 24.3 Å². The number of nitrogens with zero attached hydrogens (tertiary/aromatic N) is 3. The van der Waals surface area contributed by atoms with Crippen molar-refractivity contribution in [1.82, 2.24) is 19.9 Å². The number of hydrogen-bond acceptors (Lipinski definition) is 7. The largest absolute Gasteiger partial charge is 0.493 e. The van der Waals surface area contributed by atoms with Crippen LogP contribution >= 0.6 is 0 Å². The van der Waals surface area contributed by atoms with Crippen molar-refractivity contribution in [2.45, 2.75) is 6.54 Å². The first-order valence-corrected chi connectivity index (χ1v) is 9.90. The Morgan fingerprint density at radius 2 is 1.91 bits per heavy atom. The topological polar surface area (TPSA) is 96.2 Å². The summed E-state index contributed by atoms with van der Waals surface area (Å²) < 4.78 is 23.1. The summed E-state index contributed by atoms with van der Waals surface area (Å²) in [5, 5.41) is 7.31. The highest BCUT2D eigenvalue weighted by Crippen LogP contribution is 2.33. The van der Waals surface area contributed by atoms with Crippen LogP contribution in [0.3, 0.4) is 0 Å². The number of carbonyl (C=O) groups excluding carboxylic acids is 1. The van der Waals surface area contributed by atoms with Gasteiger partial charge in [-0.25, -0.2) is 9.50 Å². The molecule has 1 aliphatic heterocycles. The molecule has 3 heterocycles. The van der Waals surface area contributed by atoms with Crippen LogP contribution < -0.4 is 24.3 Å². The van der Waals surface area contributed by atoms with Crippen molar-refractivity contribution >= 4 is 11.6 Å². The molecule has 2 aromatic carbocycles. The third-order valence-corrected chi connectivity index (χ3v) is 5.22. The second kappa shape index (κ2) is 8.10. The average molecular weight is 432 g/mol. The van der Waals surface area contributed by atoms with Crippen molar-refractivity contribution in [2.75, 3.05) is 21.0 Å². The zero-order valence-electron chi connectivity index (χ0n) is 17.5. The van der Waals surface area contributed by atoms with Gasteiger partial charge >= 0.3 is 0 Å². The molecule has 0 radical (unpaired) electrons. The molecule has 1 aliphatic rings. The Morgan fingerprint density at radius 3 is 2.75 bits per heavy atom. The maximum atomic E-state index is 12.9. The number of benzene rings is 2. The molecule has 2 aromatic heterocycles. The fraction of sp³-hybridized carbons (Fsp3) is 0.174. The maximum absolute atomic E-state index is 12.9. The number of aromatic nitrogens is 3. The van der Waals surface area contributed by atoms with Crippen LogP contribution in [-0.4, -0.2) is 41.5 Å². The summed E-state index contributed by atoms with van der Waals surface area (Å²) in [5.41, 5.74) is 3.36. The molecule has 1 amide bonds. The van der Waals surface area contributed by atoms with Gasteiger partial charge in [-0.05, 0) is 42.0 Å². The van der Waals surface area contributed by atoms with E-state index >= 15 is 0 Å². The molecular formula is C23H20N4O5. The van der Waals surface area contributed by atoms with Gasteiger partial charge in [0, 0.05) is 18.3 Å². The Labute approximate surface area is 183 Å². The fourth-order valence-corrected chi connectivity index (χ4v) is 3.59. The number of carbonyl (C=O) groups is 1. The van der Waals surface area contributed by atoms with Crippen LogP contribution in [0.1, 0.15) is 15.9 Å². The number of rotatable bonds is 6. The molecule has 0 fully saturated rings. The van der Waals surface area contributed by atoms with E-state index in [0.717, 1.165) is 16.8 Å². The standard InChI is InChI=1S/C23H20N4O5/c1-29-18-6-4-15(10-20(18)30-2)17-7-8-24-22-16(12-26-27(17)22)23(28)25-11-14-3-5-19-21(9-14)32-13-31-19/h3-10,12H,11,13H2,1-2H3,(H,25,28). The van der Waals surface area contributed by atoms with Gasteiger partial charge in [-0.2, -0.15) is 5.10 Å². The minimum Gasteiger partial charge on any atom is -0.493 e. The molecule has 5 rings (SSSR count). The summed E-state index contributed by atoms with van der Waals surface area (Å²) in [7, 11) is 3.17. The van der Waals surface area contributed by atoms with Crippen molar-refractivity contribution in [1.29, 1.82) is 0 Å². The zero-order chi connectivity index (χ0) is 22.1. The molecule has 0 unspecified atom stereocenters. The minimum atomic E-state index is -0.269. The van der Waals surface area contributed by atoms with Gasteiger partial charge in [0.25, 0.3) is 5.91 Å². The Hall–Kier alpha value is -4.27. The molecule has 32 heavy (non-hydrogen) atoms. The molecule has 162 valence electrons. The Balaban J connectivity index is 1.41.